The lowest BCUT2D eigenvalue weighted by atomic mass is 10.1. The van der Waals surface area contributed by atoms with Gasteiger partial charge in [-0.3, -0.25) is 9.78 Å². The molecule has 0 unspecified atom stereocenters. The molecule has 0 spiro atoms. The highest BCUT2D eigenvalue weighted by molar-refractivity contribution is 5.76. The van der Waals surface area contributed by atoms with Crippen molar-refractivity contribution in [3.63, 3.8) is 0 Å². The second-order valence-electron chi connectivity index (χ2n) is 4.93. The first-order valence-electron chi connectivity index (χ1n) is 6.39. The third kappa shape index (κ3) is 3.95. The molecule has 0 aliphatic carbocycles. The van der Waals surface area contributed by atoms with Crippen LogP contribution in [0.25, 0.3) is 11.3 Å². The highest BCUT2D eigenvalue weighted by Gasteiger charge is 2.06. The van der Waals surface area contributed by atoms with Crippen molar-refractivity contribution in [1.29, 1.82) is 0 Å². The largest absolute Gasteiger partial charge is 0.464 e. The van der Waals surface area contributed by atoms with Gasteiger partial charge in [0, 0.05) is 30.9 Å². The monoisotopic (exact) mass is 258 g/mol. The molecular formula is C15H18N2O2. The Morgan fingerprint density at radius 1 is 1.42 bits per heavy atom. The van der Waals surface area contributed by atoms with Crippen molar-refractivity contribution >= 4 is 5.91 Å². The molecule has 100 valence electrons. The summed E-state index contributed by atoms with van der Waals surface area (Å²) in [5.41, 5.74) is 1.88. The molecule has 0 atom stereocenters. The van der Waals surface area contributed by atoms with E-state index in [-0.39, 0.29) is 5.91 Å². The number of carbonyl (C=O) groups is 1. The van der Waals surface area contributed by atoms with Crippen LogP contribution in [0.1, 0.15) is 25.8 Å². The summed E-state index contributed by atoms with van der Waals surface area (Å²) in [5.74, 6) is 1.22. The molecule has 0 fully saturated rings. The maximum Gasteiger partial charge on any atom is 0.220 e. The van der Waals surface area contributed by atoms with E-state index in [0.717, 1.165) is 16.9 Å². The second kappa shape index (κ2) is 6.18. The van der Waals surface area contributed by atoms with Gasteiger partial charge in [0.25, 0.3) is 0 Å². The van der Waals surface area contributed by atoms with Crippen LogP contribution in [-0.4, -0.2) is 10.9 Å². The molecule has 0 bridgehead atoms. The van der Waals surface area contributed by atoms with Gasteiger partial charge in [0.1, 0.15) is 5.76 Å². The molecule has 0 aliphatic heterocycles. The molecule has 0 radical (unpaired) electrons. The Hall–Kier alpha value is -2.10. The zero-order valence-electron chi connectivity index (χ0n) is 11.2. The molecule has 0 saturated carbocycles. The summed E-state index contributed by atoms with van der Waals surface area (Å²) < 4.78 is 5.33. The van der Waals surface area contributed by atoms with Crippen molar-refractivity contribution in [3.05, 3.63) is 42.4 Å². The van der Waals surface area contributed by atoms with Crippen LogP contribution < -0.4 is 5.32 Å². The summed E-state index contributed by atoms with van der Waals surface area (Å²) >= 11 is 0. The zero-order valence-corrected chi connectivity index (χ0v) is 11.2. The topological polar surface area (TPSA) is 55.1 Å². The molecule has 2 heterocycles. The van der Waals surface area contributed by atoms with Gasteiger partial charge in [-0.1, -0.05) is 13.8 Å². The first-order valence-corrected chi connectivity index (χ1v) is 6.39. The van der Waals surface area contributed by atoms with E-state index in [1.807, 2.05) is 32.0 Å². The highest BCUT2D eigenvalue weighted by Crippen LogP contribution is 2.19. The molecule has 0 aliphatic rings. The fourth-order valence-electron chi connectivity index (χ4n) is 1.81. The van der Waals surface area contributed by atoms with E-state index in [0.29, 0.717) is 18.9 Å². The van der Waals surface area contributed by atoms with Crippen molar-refractivity contribution in [3.8, 4) is 11.3 Å². The van der Waals surface area contributed by atoms with Crippen LogP contribution in [0.15, 0.2) is 41.3 Å². The number of aromatic nitrogens is 1. The molecule has 0 aromatic carbocycles. The number of nitrogens with one attached hydrogen (secondary N) is 1. The van der Waals surface area contributed by atoms with Crippen molar-refractivity contribution in [2.24, 2.45) is 5.92 Å². The normalized spacial score (nSPS) is 10.7. The number of carbonyl (C=O) groups excluding carboxylic acids is 1. The van der Waals surface area contributed by atoms with Gasteiger partial charge in [0.15, 0.2) is 0 Å². The number of hydrogen-bond donors (Lipinski definition) is 1. The zero-order chi connectivity index (χ0) is 13.7. The predicted octanol–water partition coefficient (Wildman–Crippen LogP) is 3.00. The van der Waals surface area contributed by atoms with Gasteiger partial charge in [-0.2, -0.15) is 0 Å². The average Bonchev–Trinajstić information content (AvgIpc) is 2.90. The average molecular weight is 258 g/mol. The molecule has 1 N–H and O–H groups in total. The van der Waals surface area contributed by atoms with Gasteiger partial charge in [-0.25, -0.2) is 0 Å². The van der Waals surface area contributed by atoms with Crippen LogP contribution in [0.3, 0.4) is 0 Å². The van der Waals surface area contributed by atoms with E-state index in [9.17, 15) is 4.79 Å². The molecule has 0 saturated heterocycles. The van der Waals surface area contributed by atoms with E-state index in [2.05, 4.69) is 10.3 Å². The van der Waals surface area contributed by atoms with Crippen molar-refractivity contribution < 1.29 is 9.21 Å². The Balaban J connectivity index is 1.98. The predicted molar refractivity (Wildman–Crippen MR) is 73.2 cm³/mol. The van der Waals surface area contributed by atoms with Gasteiger partial charge >= 0.3 is 0 Å². The molecule has 2 aromatic heterocycles. The summed E-state index contributed by atoms with van der Waals surface area (Å²) in [6, 6.07) is 5.70. The van der Waals surface area contributed by atoms with Crippen LogP contribution in [-0.2, 0) is 11.3 Å². The fraction of sp³-hybridized carbons (Fsp3) is 0.333. The summed E-state index contributed by atoms with van der Waals surface area (Å²) in [5, 5.41) is 2.89. The summed E-state index contributed by atoms with van der Waals surface area (Å²) in [6.45, 7) is 4.55. The fourth-order valence-corrected chi connectivity index (χ4v) is 1.81. The summed E-state index contributed by atoms with van der Waals surface area (Å²) in [6.07, 6.45) is 5.68. The highest BCUT2D eigenvalue weighted by atomic mass is 16.3. The van der Waals surface area contributed by atoms with Crippen molar-refractivity contribution in [2.75, 3.05) is 0 Å². The molecule has 4 heteroatoms. The molecule has 19 heavy (non-hydrogen) atoms. The van der Waals surface area contributed by atoms with Gasteiger partial charge in [-0.05, 0) is 29.7 Å². The third-order valence-corrected chi connectivity index (χ3v) is 2.68. The van der Waals surface area contributed by atoms with Gasteiger partial charge < -0.3 is 9.73 Å². The minimum atomic E-state index is 0.0680. The van der Waals surface area contributed by atoms with Crippen molar-refractivity contribution in [1.82, 2.24) is 10.3 Å². The van der Waals surface area contributed by atoms with Crippen molar-refractivity contribution in [2.45, 2.75) is 26.8 Å². The molecule has 1 amide bonds. The maximum atomic E-state index is 11.6. The molecule has 2 rings (SSSR count). The number of furan rings is 1. The van der Waals surface area contributed by atoms with Crippen LogP contribution >= 0.6 is 0 Å². The van der Waals surface area contributed by atoms with E-state index >= 15 is 0 Å². The molecular weight excluding hydrogens is 240 g/mol. The Bertz CT molecular complexity index is 533. The number of nitrogens with zero attached hydrogens (tertiary/aromatic N) is 1. The Morgan fingerprint density at radius 2 is 2.26 bits per heavy atom. The minimum absolute atomic E-state index is 0.0680. The maximum absolute atomic E-state index is 11.6. The number of amides is 1. The first-order chi connectivity index (χ1) is 9.15. The summed E-state index contributed by atoms with van der Waals surface area (Å²) in [4.78, 5) is 15.8. The third-order valence-electron chi connectivity index (χ3n) is 2.68. The van der Waals surface area contributed by atoms with Gasteiger partial charge in [0.2, 0.25) is 5.91 Å². The SMILES string of the molecule is CC(C)CC(=O)NCc1cncc(-c2ccco2)c1. The van der Waals surface area contributed by atoms with E-state index < -0.39 is 0 Å². The van der Waals surface area contributed by atoms with Crippen LogP contribution in [0.5, 0.6) is 0 Å². The lowest BCUT2D eigenvalue weighted by Gasteiger charge is -2.07. The Morgan fingerprint density at radius 3 is 2.95 bits per heavy atom. The van der Waals surface area contributed by atoms with Crippen LogP contribution in [0.2, 0.25) is 0 Å². The second-order valence-corrected chi connectivity index (χ2v) is 4.93. The van der Waals surface area contributed by atoms with Crippen LogP contribution in [0, 0.1) is 5.92 Å². The number of hydrogen-bond acceptors (Lipinski definition) is 3. The number of pyridine rings is 1. The Labute approximate surface area is 112 Å². The smallest absolute Gasteiger partial charge is 0.220 e. The lowest BCUT2D eigenvalue weighted by Crippen LogP contribution is -2.23. The van der Waals surface area contributed by atoms with E-state index in [4.69, 9.17) is 4.42 Å². The van der Waals surface area contributed by atoms with Gasteiger partial charge in [0.05, 0.1) is 6.26 Å². The Kier molecular flexibility index (Phi) is 4.34. The van der Waals surface area contributed by atoms with E-state index in [1.54, 1.807) is 18.7 Å². The first kappa shape index (κ1) is 13.3. The van der Waals surface area contributed by atoms with Crippen LogP contribution in [0.4, 0.5) is 0 Å². The number of rotatable bonds is 5. The quantitative estimate of drug-likeness (QED) is 0.897. The standard InChI is InChI=1S/C15H18N2O2/c1-11(2)6-15(18)17-9-12-7-13(10-16-8-12)14-4-3-5-19-14/h3-5,7-8,10-11H,6,9H2,1-2H3,(H,17,18). The minimum Gasteiger partial charge on any atom is -0.464 e. The molecule has 2 aromatic rings. The lowest BCUT2D eigenvalue weighted by molar-refractivity contribution is -0.121. The van der Waals surface area contributed by atoms with Gasteiger partial charge in [-0.15, -0.1) is 0 Å². The molecule has 4 nitrogen and oxygen atoms in total. The van der Waals surface area contributed by atoms with E-state index in [1.165, 1.54) is 0 Å². The summed E-state index contributed by atoms with van der Waals surface area (Å²) in [7, 11) is 0.